The van der Waals surface area contributed by atoms with Crippen molar-refractivity contribution in [3.8, 4) is 0 Å². The van der Waals surface area contributed by atoms with E-state index in [1.807, 2.05) is 44.2 Å². The van der Waals surface area contributed by atoms with Gasteiger partial charge in [0.05, 0.1) is 11.7 Å². The van der Waals surface area contributed by atoms with Gasteiger partial charge in [0.15, 0.2) is 6.10 Å². The van der Waals surface area contributed by atoms with E-state index >= 15 is 0 Å². The zero-order valence-electron chi connectivity index (χ0n) is 24.4. The fraction of sp³-hybridized carbons (Fsp3) is 0.515. The molecule has 0 amide bonds. The van der Waals surface area contributed by atoms with E-state index in [-0.39, 0.29) is 23.7 Å². The molecule has 1 aliphatic carbocycles. The molecule has 41 heavy (non-hydrogen) atoms. The molecule has 0 unspecified atom stereocenters. The molecular formula is C33H41NO7. The van der Waals surface area contributed by atoms with Gasteiger partial charge in [0.2, 0.25) is 0 Å². The maximum Gasteiger partial charge on any atom is 0.355 e. The lowest BCUT2D eigenvalue weighted by atomic mass is 9.69. The van der Waals surface area contributed by atoms with E-state index in [0.29, 0.717) is 18.5 Å². The molecule has 1 fully saturated rings. The summed E-state index contributed by atoms with van der Waals surface area (Å²) < 4.78 is 24.9. The van der Waals surface area contributed by atoms with Crippen molar-refractivity contribution in [1.29, 1.82) is 0 Å². The fourth-order valence-electron chi connectivity index (χ4n) is 6.68. The zero-order chi connectivity index (χ0) is 29.3. The molecule has 8 nitrogen and oxygen atoms in total. The van der Waals surface area contributed by atoms with Gasteiger partial charge in [-0.2, -0.15) is 0 Å². The number of rotatable bonds is 7. The molecule has 3 aliphatic rings. The summed E-state index contributed by atoms with van der Waals surface area (Å²) in [6.45, 7) is 7.70. The summed E-state index contributed by atoms with van der Waals surface area (Å²) in [5, 5.41) is 10.6. The van der Waals surface area contributed by atoms with Crippen LogP contribution in [0.3, 0.4) is 0 Å². The topological polar surface area (TPSA) is 107 Å². The lowest BCUT2D eigenvalue weighted by Gasteiger charge is -2.41. The van der Waals surface area contributed by atoms with Crippen LogP contribution in [0.15, 0.2) is 72.5 Å². The molecule has 1 aromatic carbocycles. The Morgan fingerprint density at radius 1 is 1.15 bits per heavy atom. The highest BCUT2D eigenvalue weighted by molar-refractivity contribution is 5.87. The van der Waals surface area contributed by atoms with Gasteiger partial charge in [-0.15, -0.1) is 0 Å². The number of aliphatic hydroxyl groups excluding tert-OH is 1. The van der Waals surface area contributed by atoms with Crippen molar-refractivity contribution < 1.29 is 33.6 Å². The number of aromatic nitrogens is 1. The first kappa shape index (κ1) is 29.3. The lowest BCUT2D eigenvalue weighted by molar-refractivity contribution is -0.167. The van der Waals surface area contributed by atoms with Gasteiger partial charge < -0.3 is 29.0 Å². The summed E-state index contributed by atoms with van der Waals surface area (Å²) in [5.41, 5.74) is 1.57. The Morgan fingerprint density at radius 2 is 1.90 bits per heavy atom. The normalized spacial score (nSPS) is 34.9. The number of methoxy groups -OCH3 is 1. The second kappa shape index (κ2) is 12.0. The molecule has 0 radical (unpaired) electrons. The molecule has 2 bridgehead atoms. The van der Waals surface area contributed by atoms with E-state index in [2.05, 4.69) is 30.1 Å². The quantitative estimate of drug-likeness (QED) is 0.353. The Labute approximate surface area is 241 Å². The number of nitrogens with one attached hydrogen (secondary N) is 1. The van der Waals surface area contributed by atoms with Crippen molar-refractivity contribution in [3.05, 3.63) is 83.7 Å². The minimum Gasteiger partial charge on any atom is -0.455 e. The summed E-state index contributed by atoms with van der Waals surface area (Å²) >= 11 is 0. The van der Waals surface area contributed by atoms with E-state index in [4.69, 9.17) is 18.9 Å². The molecule has 2 aliphatic heterocycles. The number of aromatic amines is 1. The Hall–Kier alpha value is -3.20. The van der Waals surface area contributed by atoms with Crippen molar-refractivity contribution in [2.24, 2.45) is 23.7 Å². The maximum atomic E-state index is 13.4. The average molecular weight is 564 g/mol. The third-order valence-electron chi connectivity index (χ3n) is 9.21. The molecule has 1 spiro atoms. The Bertz CT molecular complexity index is 1270. The monoisotopic (exact) mass is 563 g/mol. The number of H-pyrrole nitrogens is 1. The van der Waals surface area contributed by atoms with Crippen LogP contribution in [-0.2, 0) is 23.7 Å². The van der Waals surface area contributed by atoms with Gasteiger partial charge in [0.1, 0.15) is 24.0 Å². The van der Waals surface area contributed by atoms with Crippen LogP contribution in [0.1, 0.15) is 62.7 Å². The molecule has 2 aromatic rings. The molecule has 1 saturated heterocycles. The number of benzene rings is 1. The van der Waals surface area contributed by atoms with Crippen LogP contribution in [0, 0.1) is 23.7 Å². The van der Waals surface area contributed by atoms with Crippen LogP contribution in [0.2, 0.25) is 0 Å². The van der Waals surface area contributed by atoms with Crippen LogP contribution in [-0.4, -0.2) is 59.2 Å². The molecular weight excluding hydrogens is 522 g/mol. The van der Waals surface area contributed by atoms with Crippen molar-refractivity contribution >= 4 is 11.9 Å². The van der Waals surface area contributed by atoms with Gasteiger partial charge in [-0.05, 0) is 50.0 Å². The number of carbonyl (C=O) groups is 2. The highest BCUT2D eigenvalue weighted by Crippen LogP contribution is 2.53. The van der Waals surface area contributed by atoms with E-state index in [1.165, 1.54) is 7.11 Å². The van der Waals surface area contributed by atoms with Crippen LogP contribution in [0.5, 0.6) is 0 Å². The van der Waals surface area contributed by atoms with E-state index in [1.54, 1.807) is 25.3 Å². The van der Waals surface area contributed by atoms with Crippen molar-refractivity contribution in [3.63, 3.8) is 0 Å². The summed E-state index contributed by atoms with van der Waals surface area (Å²) in [6.07, 6.45) is 5.93. The number of carbonyl (C=O) groups excluding carboxylic acids is 2. The van der Waals surface area contributed by atoms with Crippen LogP contribution in [0.4, 0.5) is 0 Å². The van der Waals surface area contributed by atoms with Crippen molar-refractivity contribution in [1.82, 2.24) is 4.98 Å². The van der Waals surface area contributed by atoms with Crippen molar-refractivity contribution in [2.45, 2.75) is 76.7 Å². The molecule has 220 valence electrons. The zero-order valence-corrected chi connectivity index (χ0v) is 24.4. The second-order valence-electron chi connectivity index (χ2n) is 11.8. The number of esters is 2. The number of aliphatic hydroxyl groups is 1. The third-order valence-corrected chi connectivity index (χ3v) is 9.21. The molecule has 10 atom stereocenters. The van der Waals surface area contributed by atoms with Gasteiger partial charge >= 0.3 is 11.9 Å². The fourth-order valence-corrected chi connectivity index (χ4v) is 6.68. The largest absolute Gasteiger partial charge is 0.455 e. The Balaban J connectivity index is 1.53. The average Bonchev–Trinajstić information content (AvgIpc) is 3.61. The first-order valence-corrected chi connectivity index (χ1v) is 14.5. The van der Waals surface area contributed by atoms with Crippen LogP contribution in [0.25, 0.3) is 0 Å². The number of hydrogen-bond donors (Lipinski definition) is 2. The molecule has 5 rings (SSSR count). The van der Waals surface area contributed by atoms with E-state index in [0.717, 1.165) is 11.1 Å². The predicted octanol–water partition coefficient (Wildman–Crippen LogP) is 5.17. The summed E-state index contributed by atoms with van der Waals surface area (Å²) in [7, 11) is 1.53. The minimum absolute atomic E-state index is 0.0478. The molecule has 8 heteroatoms. The second-order valence-corrected chi connectivity index (χ2v) is 11.8. The standard InChI is InChI=1S/C33H41NO7/c1-19-16-20(2)33-18-24(30(41-33)29(21(3)22(4)35)40-31(36)26-12-9-15-34-26)13-14-25(33)17-27(38-5)32(37)39-28(19)23-10-7-6-8-11-23/h6-16,19,21-22,24-25,27-30,34-35H,17-18H2,1-5H3/b20-16+/t19-,21-,22+,24-,25-,27+,28-,29-,30-,33+/m1/s1. The first-order chi connectivity index (χ1) is 19.6. The van der Waals surface area contributed by atoms with Gasteiger partial charge in [-0.25, -0.2) is 9.59 Å². The predicted molar refractivity (Wildman–Crippen MR) is 153 cm³/mol. The van der Waals surface area contributed by atoms with Gasteiger partial charge in [-0.3, -0.25) is 0 Å². The number of fused-ring (bicyclic) bond motifs is 1. The van der Waals surface area contributed by atoms with Crippen LogP contribution >= 0.6 is 0 Å². The van der Waals surface area contributed by atoms with Crippen molar-refractivity contribution in [2.75, 3.05) is 7.11 Å². The highest BCUT2D eigenvalue weighted by Gasteiger charge is 2.57. The number of cyclic esters (lactones) is 1. The smallest absolute Gasteiger partial charge is 0.355 e. The third kappa shape index (κ3) is 5.65. The van der Waals surface area contributed by atoms with Gasteiger partial charge in [0, 0.05) is 37.0 Å². The Morgan fingerprint density at radius 3 is 2.56 bits per heavy atom. The maximum absolute atomic E-state index is 13.4. The highest BCUT2D eigenvalue weighted by atomic mass is 16.6. The molecule has 0 saturated carbocycles. The minimum atomic E-state index is -0.775. The molecule has 2 N–H and O–H groups in total. The van der Waals surface area contributed by atoms with Gasteiger partial charge in [0.25, 0.3) is 0 Å². The Kier molecular flexibility index (Phi) is 8.55. The molecule has 1 aromatic heterocycles. The first-order valence-electron chi connectivity index (χ1n) is 14.5. The van der Waals surface area contributed by atoms with Gasteiger partial charge in [-0.1, -0.05) is 62.4 Å². The number of ether oxygens (including phenoxy) is 4. The van der Waals surface area contributed by atoms with E-state index < -0.39 is 48.1 Å². The van der Waals surface area contributed by atoms with E-state index in [9.17, 15) is 14.7 Å². The lowest BCUT2D eigenvalue weighted by Crippen LogP contribution is -2.46. The molecule has 3 heterocycles. The SMILES string of the molecule is CO[C@H]1C[C@H]2C=C[C@@H]3C[C@]2(O[C@H]3[C@H](OC(=O)c2ccc[nH]2)[C@H](C)[C@H](C)O)/C(C)=C/[C@@H](C)[C@H](c2ccccc2)OC1=O. The summed E-state index contributed by atoms with van der Waals surface area (Å²) in [4.78, 5) is 29.4. The number of hydrogen-bond acceptors (Lipinski definition) is 7. The van der Waals surface area contributed by atoms with Crippen LogP contribution < -0.4 is 0 Å². The summed E-state index contributed by atoms with van der Waals surface area (Å²) in [5.74, 6) is -1.63. The summed E-state index contributed by atoms with van der Waals surface area (Å²) in [6, 6.07) is 13.2.